The van der Waals surface area contributed by atoms with Crippen LogP contribution in [0.4, 0.5) is 10.5 Å². The second kappa shape index (κ2) is 17.2. The zero-order valence-electron chi connectivity index (χ0n) is 21.5. The van der Waals surface area contributed by atoms with Crippen molar-refractivity contribution in [2.45, 2.75) is 44.4 Å². The molecule has 38 heavy (non-hydrogen) atoms. The van der Waals surface area contributed by atoms with E-state index < -0.39 is 30.4 Å². The number of primary amides is 1. The minimum absolute atomic E-state index is 0.226. The fraction of sp³-hybridized carbons (Fsp3) is 0.385. The van der Waals surface area contributed by atoms with Crippen LogP contribution in [-0.2, 0) is 15.0 Å². The van der Waals surface area contributed by atoms with Gasteiger partial charge in [0.15, 0.2) is 0 Å². The van der Waals surface area contributed by atoms with Gasteiger partial charge in [-0.25, -0.2) is 9.59 Å². The Balaban J connectivity index is 0.000000554. The molecule has 3 rings (SSSR count). The molecular formula is C26H37N3O9. The Morgan fingerprint density at radius 2 is 1.50 bits per heavy atom. The van der Waals surface area contributed by atoms with Crippen LogP contribution in [0.1, 0.15) is 54.9 Å². The fourth-order valence-corrected chi connectivity index (χ4v) is 3.84. The van der Waals surface area contributed by atoms with E-state index >= 15 is 0 Å². The van der Waals surface area contributed by atoms with Crippen LogP contribution in [0, 0.1) is 0 Å². The third-order valence-corrected chi connectivity index (χ3v) is 5.61. The molecule has 0 radical (unpaired) electrons. The highest BCUT2D eigenvalue weighted by Gasteiger charge is 2.33. The van der Waals surface area contributed by atoms with Crippen LogP contribution in [0.2, 0.25) is 0 Å². The number of likely N-dealkylation sites (N-methyl/N-ethyl adjacent to an activating group) is 1. The summed E-state index contributed by atoms with van der Waals surface area (Å²) < 4.78 is 0. The third kappa shape index (κ3) is 14.3. The van der Waals surface area contributed by atoms with E-state index in [1.54, 1.807) is 18.2 Å². The van der Waals surface area contributed by atoms with Gasteiger partial charge in [0.25, 0.3) is 0 Å². The number of carboxylic acids is 3. The van der Waals surface area contributed by atoms with E-state index in [1.807, 2.05) is 12.1 Å². The van der Waals surface area contributed by atoms with Gasteiger partial charge < -0.3 is 41.9 Å². The quantitative estimate of drug-likeness (QED) is 0.217. The standard InChI is InChI=1S/C15H23NO.C7H7NO2.C3H4O4.CH3NO2/c1-3-15(9-4-5-10-16(2)12-15)13-7-6-8-14(17)11-13;8-6-3-1-5(2-4-6)7(9)10;4-2(5)1-3(6)7;2-1(3)4/h6-8,11,17H,3-5,9-10,12H2,1-2H3;1-4H,8H2,(H,9,10);1H2,(H,4,5)(H,6,7);2H2,(H,3,4). The van der Waals surface area contributed by atoms with Gasteiger partial charge in [-0.2, -0.15) is 0 Å². The topological polar surface area (TPSA) is 225 Å². The fourth-order valence-electron chi connectivity index (χ4n) is 3.84. The number of carbonyl (C=O) groups is 4. The lowest BCUT2D eigenvalue weighted by molar-refractivity contribution is -0.147. The normalized spacial score (nSPS) is 16.5. The molecule has 1 fully saturated rings. The Kier molecular flexibility index (Phi) is 15.2. The average Bonchev–Trinajstić information content (AvgIpc) is 3.01. The molecule has 9 N–H and O–H groups in total. The van der Waals surface area contributed by atoms with E-state index in [0.29, 0.717) is 11.4 Å². The zero-order chi connectivity index (χ0) is 29.3. The highest BCUT2D eigenvalue weighted by Crippen LogP contribution is 2.37. The van der Waals surface area contributed by atoms with E-state index in [4.69, 9.17) is 31.0 Å². The Morgan fingerprint density at radius 1 is 0.947 bits per heavy atom. The minimum atomic E-state index is -1.33. The van der Waals surface area contributed by atoms with Crippen molar-refractivity contribution >= 4 is 29.7 Å². The number of rotatable bonds is 5. The van der Waals surface area contributed by atoms with Crippen molar-refractivity contribution in [1.29, 1.82) is 0 Å². The molecule has 1 aliphatic heterocycles. The molecule has 0 bridgehead atoms. The number of hydrogen-bond donors (Lipinski definition) is 7. The van der Waals surface area contributed by atoms with Crippen LogP contribution < -0.4 is 11.5 Å². The Bertz CT molecular complexity index is 1030. The first kappa shape index (κ1) is 33.7. The van der Waals surface area contributed by atoms with Crippen molar-refractivity contribution in [3.05, 3.63) is 59.7 Å². The number of nitrogens with two attached hydrogens (primary N) is 2. The number of amides is 1. The molecule has 1 atom stereocenters. The van der Waals surface area contributed by atoms with Gasteiger partial charge in [0, 0.05) is 17.6 Å². The molecule has 12 nitrogen and oxygen atoms in total. The van der Waals surface area contributed by atoms with Crippen LogP contribution in [0.15, 0.2) is 48.5 Å². The van der Waals surface area contributed by atoms with Crippen LogP contribution in [0.25, 0.3) is 0 Å². The van der Waals surface area contributed by atoms with E-state index in [2.05, 4.69) is 30.7 Å². The molecule has 2 aromatic carbocycles. The summed E-state index contributed by atoms with van der Waals surface area (Å²) in [5, 5.41) is 40.7. The van der Waals surface area contributed by atoms with Gasteiger partial charge in [0.05, 0.1) is 5.56 Å². The maximum Gasteiger partial charge on any atom is 0.402 e. The van der Waals surface area contributed by atoms with Crippen molar-refractivity contribution in [2.75, 3.05) is 25.9 Å². The molecule has 1 amide bonds. The molecule has 0 aromatic heterocycles. The van der Waals surface area contributed by atoms with Crippen LogP contribution in [-0.4, -0.2) is 74.6 Å². The van der Waals surface area contributed by atoms with Gasteiger partial charge in [-0.1, -0.05) is 25.5 Å². The van der Waals surface area contributed by atoms with Gasteiger partial charge in [0.2, 0.25) is 0 Å². The summed E-state index contributed by atoms with van der Waals surface area (Å²) in [5.41, 5.74) is 11.7. The van der Waals surface area contributed by atoms with Crippen molar-refractivity contribution in [3.8, 4) is 5.75 Å². The first-order chi connectivity index (χ1) is 17.7. The minimum Gasteiger partial charge on any atom is -0.508 e. The SMILES string of the molecule is CCC1(c2cccc(O)c2)CCCCN(C)C1.NC(=O)O.Nc1ccc(C(=O)O)cc1.O=C(O)CC(=O)O. The third-order valence-electron chi connectivity index (χ3n) is 5.61. The Morgan fingerprint density at radius 3 is 1.92 bits per heavy atom. The average molecular weight is 536 g/mol. The van der Waals surface area contributed by atoms with Gasteiger partial charge in [-0.3, -0.25) is 9.59 Å². The number of aliphatic carboxylic acids is 2. The highest BCUT2D eigenvalue weighted by molar-refractivity contribution is 5.89. The summed E-state index contributed by atoms with van der Waals surface area (Å²) in [6, 6.07) is 13.9. The number of hydrogen-bond acceptors (Lipinski definition) is 7. The molecular weight excluding hydrogens is 498 g/mol. The summed E-state index contributed by atoms with van der Waals surface area (Å²) >= 11 is 0. The van der Waals surface area contributed by atoms with E-state index in [0.717, 1.165) is 13.0 Å². The van der Waals surface area contributed by atoms with E-state index in [1.165, 1.54) is 43.5 Å². The summed E-state index contributed by atoms with van der Waals surface area (Å²) in [6.45, 7) is 4.57. The monoisotopic (exact) mass is 535 g/mol. The number of nitrogens with zero attached hydrogens (tertiary/aromatic N) is 1. The lowest BCUT2D eigenvalue weighted by atomic mass is 9.74. The van der Waals surface area contributed by atoms with Crippen LogP contribution >= 0.6 is 0 Å². The maximum absolute atomic E-state index is 10.3. The van der Waals surface area contributed by atoms with Crippen molar-refractivity contribution in [1.82, 2.24) is 4.90 Å². The number of nitrogen functional groups attached to an aromatic ring is 1. The molecule has 2 aromatic rings. The smallest absolute Gasteiger partial charge is 0.402 e. The first-order valence-corrected chi connectivity index (χ1v) is 11.7. The van der Waals surface area contributed by atoms with Crippen LogP contribution in [0.3, 0.4) is 0 Å². The molecule has 0 spiro atoms. The van der Waals surface area contributed by atoms with Crippen molar-refractivity contribution in [2.24, 2.45) is 5.73 Å². The van der Waals surface area contributed by atoms with Gasteiger partial charge in [-0.05, 0) is 74.8 Å². The van der Waals surface area contributed by atoms with Gasteiger partial charge >= 0.3 is 24.0 Å². The number of likely N-dealkylation sites (tertiary alicyclic amines) is 1. The molecule has 1 heterocycles. The van der Waals surface area contributed by atoms with Gasteiger partial charge in [-0.15, -0.1) is 0 Å². The number of aromatic carboxylic acids is 1. The van der Waals surface area contributed by atoms with Gasteiger partial charge in [0.1, 0.15) is 12.2 Å². The van der Waals surface area contributed by atoms with E-state index in [-0.39, 0.29) is 11.0 Å². The second-order valence-electron chi connectivity index (χ2n) is 8.61. The largest absolute Gasteiger partial charge is 0.508 e. The summed E-state index contributed by atoms with van der Waals surface area (Å²) in [6.07, 6.45) is 2.81. The number of anilines is 1. The van der Waals surface area contributed by atoms with E-state index in [9.17, 15) is 19.5 Å². The molecule has 1 aliphatic rings. The Labute approximate surface area is 221 Å². The number of phenols is 1. The first-order valence-electron chi connectivity index (χ1n) is 11.7. The summed E-state index contributed by atoms with van der Waals surface area (Å²) in [4.78, 5) is 40.3. The Hall–Kier alpha value is -4.32. The molecule has 1 unspecified atom stereocenters. The second-order valence-corrected chi connectivity index (χ2v) is 8.61. The number of aromatic hydroxyl groups is 1. The molecule has 0 aliphatic carbocycles. The molecule has 0 saturated carbocycles. The molecule has 1 saturated heterocycles. The highest BCUT2D eigenvalue weighted by atomic mass is 16.4. The summed E-state index contributed by atoms with van der Waals surface area (Å²) in [5.74, 6) is -3.16. The maximum atomic E-state index is 10.3. The number of carboxylic acid groups (broad SMARTS) is 4. The number of benzene rings is 2. The van der Waals surface area contributed by atoms with Crippen molar-refractivity contribution in [3.63, 3.8) is 0 Å². The predicted molar refractivity (Wildman–Crippen MR) is 141 cm³/mol. The van der Waals surface area contributed by atoms with Crippen LogP contribution in [0.5, 0.6) is 5.75 Å². The lowest BCUT2D eigenvalue weighted by Crippen LogP contribution is -2.37. The molecule has 12 heteroatoms. The zero-order valence-corrected chi connectivity index (χ0v) is 21.5. The van der Waals surface area contributed by atoms with Crippen molar-refractivity contribution < 1.29 is 44.7 Å². The molecule has 210 valence electrons. The predicted octanol–water partition coefficient (Wildman–Crippen LogP) is 3.29. The summed E-state index contributed by atoms with van der Waals surface area (Å²) in [7, 11) is 2.21. The lowest BCUT2D eigenvalue weighted by Gasteiger charge is -2.35. The number of phenolic OH excluding ortho intramolecular Hbond substituents is 1.